The van der Waals surface area contributed by atoms with Gasteiger partial charge in [-0.1, -0.05) is 18.2 Å². The maximum Gasteiger partial charge on any atom is 0.252 e. The molecule has 1 N–H and O–H groups in total. The number of pyridine rings is 1. The molecule has 5 heteroatoms. The normalized spacial score (nSPS) is 11.0. The molecule has 2 aromatic heterocycles. The van der Waals surface area contributed by atoms with Crippen molar-refractivity contribution in [2.75, 3.05) is 5.32 Å². The van der Waals surface area contributed by atoms with Crippen LogP contribution < -0.4 is 10.9 Å². The van der Waals surface area contributed by atoms with Crippen molar-refractivity contribution in [1.82, 2.24) is 14.3 Å². The van der Waals surface area contributed by atoms with Crippen LogP contribution in [0.1, 0.15) is 11.3 Å². The summed E-state index contributed by atoms with van der Waals surface area (Å²) in [6, 6.07) is 9.54. The quantitative estimate of drug-likeness (QED) is 0.801. The summed E-state index contributed by atoms with van der Waals surface area (Å²) < 4.78 is 3.51. The Kier molecular flexibility index (Phi) is 3.25. The minimum atomic E-state index is -0.0147. The second-order valence-corrected chi connectivity index (χ2v) is 5.20. The Hall–Kier alpha value is -2.56. The summed E-state index contributed by atoms with van der Waals surface area (Å²) in [5, 5.41) is 8.64. The number of nitrogens with zero attached hydrogens (tertiary/aromatic N) is 3. The lowest BCUT2D eigenvalue weighted by Gasteiger charge is -2.12. The number of fused-ring (bicyclic) bond motifs is 1. The first-order valence-corrected chi connectivity index (χ1v) is 6.88. The van der Waals surface area contributed by atoms with Crippen LogP contribution in [0, 0.1) is 6.92 Å². The number of nitrogens with one attached hydrogen (secondary N) is 1. The Balaban J connectivity index is 1.99. The van der Waals surface area contributed by atoms with Crippen LogP contribution in [0.5, 0.6) is 0 Å². The van der Waals surface area contributed by atoms with Gasteiger partial charge in [-0.15, -0.1) is 0 Å². The maximum atomic E-state index is 12.0. The van der Waals surface area contributed by atoms with Crippen molar-refractivity contribution < 1.29 is 0 Å². The number of para-hydroxylation sites is 1. The van der Waals surface area contributed by atoms with E-state index in [1.807, 2.05) is 49.1 Å². The van der Waals surface area contributed by atoms with E-state index in [4.69, 9.17) is 0 Å². The van der Waals surface area contributed by atoms with Crippen LogP contribution >= 0.6 is 0 Å². The SMILES string of the molecule is Cc1c(CNc2cc(=O)n(C)c3ccccc23)cnn1C. The Morgan fingerprint density at radius 2 is 2.00 bits per heavy atom. The molecule has 0 spiro atoms. The average Bonchev–Trinajstić information content (AvgIpc) is 2.81. The predicted molar refractivity (Wildman–Crippen MR) is 84.5 cm³/mol. The lowest BCUT2D eigenvalue weighted by atomic mass is 10.1. The van der Waals surface area contributed by atoms with Gasteiger partial charge in [0, 0.05) is 49.0 Å². The zero-order valence-corrected chi connectivity index (χ0v) is 12.4. The van der Waals surface area contributed by atoms with E-state index in [2.05, 4.69) is 10.4 Å². The van der Waals surface area contributed by atoms with E-state index in [9.17, 15) is 4.79 Å². The second kappa shape index (κ2) is 5.09. The van der Waals surface area contributed by atoms with Crippen LogP contribution in [0.4, 0.5) is 5.69 Å². The highest BCUT2D eigenvalue weighted by Crippen LogP contribution is 2.21. The fourth-order valence-electron chi connectivity index (χ4n) is 2.47. The van der Waals surface area contributed by atoms with Gasteiger partial charge in [0.05, 0.1) is 11.7 Å². The average molecular weight is 282 g/mol. The van der Waals surface area contributed by atoms with Crippen molar-refractivity contribution in [3.8, 4) is 0 Å². The highest BCUT2D eigenvalue weighted by molar-refractivity contribution is 5.91. The van der Waals surface area contributed by atoms with Gasteiger partial charge in [-0.2, -0.15) is 5.10 Å². The number of aromatic nitrogens is 3. The second-order valence-electron chi connectivity index (χ2n) is 5.20. The smallest absolute Gasteiger partial charge is 0.252 e. The van der Waals surface area contributed by atoms with Gasteiger partial charge >= 0.3 is 0 Å². The molecule has 0 fully saturated rings. The molecule has 0 aliphatic rings. The standard InChI is InChI=1S/C16H18N4O/c1-11-12(10-18-20(11)3)9-17-14-8-16(21)19(2)15-7-5-4-6-13(14)15/h4-8,10,17H,9H2,1-3H3. The van der Waals surface area contributed by atoms with Gasteiger partial charge in [0.2, 0.25) is 0 Å². The van der Waals surface area contributed by atoms with Crippen molar-refractivity contribution >= 4 is 16.6 Å². The third-order valence-corrected chi connectivity index (χ3v) is 3.96. The highest BCUT2D eigenvalue weighted by Gasteiger charge is 2.08. The van der Waals surface area contributed by atoms with E-state index < -0.39 is 0 Å². The number of anilines is 1. The zero-order valence-electron chi connectivity index (χ0n) is 12.4. The number of hydrogen-bond acceptors (Lipinski definition) is 3. The fraction of sp³-hybridized carbons (Fsp3) is 0.250. The molecule has 0 aliphatic carbocycles. The van der Waals surface area contributed by atoms with E-state index in [1.54, 1.807) is 17.7 Å². The Bertz CT molecular complexity index is 860. The predicted octanol–water partition coefficient (Wildman–Crippen LogP) is 2.19. The number of aryl methyl sites for hydroxylation is 2. The first kappa shape index (κ1) is 13.4. The molecule has 0 radical (unpaired) electrons. The van der Waals surface area contributed by atoms with Crippen molar-refractivity contribution in [2.45, 2.75) is 13.5 Å². The van der Waals surface area contributed by atoms with E-state index >= 15 is 0 Å². The van der Waals surface area contributed by atoms with E-state index in [1.165, 1.54) is 0 Å². The van der Waals surface area contributed by atoms with Gasteiger partial charge in [-0.25, -0.2) is 0 Å². The lowest BCUT2D eigenvalue weighted by Crippen LogP contribution is -2.17. The molecule has 0 saturated carbocycles. The minimum absolute atomic E-state index is 0.0147. The van der Waals surface area contributed by atoms with Gasteiger partial charge < -0.3 is 9.88 Å². The van der Waals surface area contributed by atoms with Crippen molar-refractivity contribution in [3.05, 3.63) is 58.1 Å². The van der Waals surface area contributed by atoms with Crippen LogP contribution in [0.25, 0.3) is 10.9 Å². The molecule has 3 rings (SSSR count). The highest BCUT2D eigenvalue weighted by atomic mass is 16.1. The monoisotopic (exact) mass is 282 g/mol. The molecule has 0 saturated heterocycles. The van der Waals surface area contributed by atoms with Crippen LogP contribution in [-0.4, -0.2) is 14.3 Å². The maximum absolute atomic E-state index is 12.0. The van der Waals surface area contributed by atoms with Gasteiger partial charge in [-0.05, 0) is 13.0 Å². The lowest BCUT2D eigenvalue weighted by molar-refractivity contribution is 0.738. The molecule has 0 amide bonds. The summed E-state index contributed by atoms with van der Waals surface area (Å²) in [7, 11) is 3.71. The van der Waals surface area contributed by atoms with Crippen LogP contribution in [0.15, 0.2) is 41.3 Å². The van der Waals surface area contributed by atoms with Crippen LogP contribution in [0.2, 0.25) is 0 Å². The minimum Gasteiger partial charge on any atom is -0.380 e. The largest absolute Gasteiger partial charge is 0.380 e. The first-order valence-electron chi connectivity index (χ1n) is 6.88. The molecular weight excluding hydrogens is 264 g/mol. The summed E-state index contributed by atoms with van der Waals surface area (Å²) in [5.41, 5.74) is 4.02. The summed E-state index contributed by atoms with van der Waals surface area (Å²) in [6.45, 7) is 2.68. The van der Waals surface area contributed by atoms with Gasteiger partial charge in [0.1, 0.15) is 0 Å². The van der Waals surface area contributed by atoms with E-state index in [0.29, 0.717) is 6.54 Å². The molecule has 1 aromatic carbocycles. The molecule has 0 aliphatic heterocycles. The van der Waals surface area contributed by atoms with Gasteiger partial charge in [0.15, 0.2) is 0 Å². The molecular formula is C16H18N4O. The number of rotatable bonds is 3. The van der Waals surface area contributed by atoms with Crippen LogP contribution in [0.3, 0.4) is 0 Å². The third-order valence-electron chi connectivity index (χ3n) is 3.96. The molecule has 2 heterocycles. The molecule has 0 unspecified atom stereocenters. The Labute approximate surface area is 122 Å². The van der Waals surface area contributed by atoms with Gasteiger partial charge in [0.25, 0.3) is 5.56 Å². The molecule has 5 nitrogen and oxygen atoms in total. The van der Waals surface area contributed by atoms with E-state index in [-0.39, 0.29) is 5.56 Å². The molecule has 21 heavy (non-hydrogen) atoms. The first-order chi connectivity index (χ1) is 10.1. The number of hydrogen-bond donors (Lipinski definition) is 1. The molecule has 108 valence electrons. The Morgan fingerprint density at radius 3 is 2.71 bits per heavy atom. The van der Waals surface area contributed by atoms with Crippen molar-refractivity contribution in [2.24, 2.45) is 14.1 Å². The number of benzene rings is 1. The van der Waals surface area contributed by atoms with Crippen molar-refractivity contribution in [3.63, 3.8) is 0 Å². The van der Waals surface area contributed by atoms with E-state index in [0.717, 1.165) is 27.8 Å². The summed E-state index contributed by atoms with van der Waals surface area (Å²) in [4.78, 5) is 12.0. The fourth-order valence-corrected chi connectivity index (χ4v) is 2.47. The van der Waals surface area contributed by atoms with Crippen molar-refractivity contribution in [1.29, 1.82) is 0 Å². The summed E-state index contributed by atoms with van der Waals surface area (Å²) in [6.07, 6.45) is 1.85. The molecule has 3 aromatic rings. The Morgan fingerprint density at radius 1 is 1.24 bits per heavy atom. The third kappa shape index (κ3) is 2.31. The summed E-state index contributed by atoms with van der Waals surface area (Å²) >= 11 is 0. The zero-order chi connectivity index (χ0) is 15.0. The molecule has 0 atom stereocenters. The van der Waals surface area contributed by atoms with Crippen LogP contribution in [-0.2, 0) is 20.6 Å². The van der Waals surface area contributed by atoms with Gasteiger partial charge in [-0.3, -0.25) is 9.48 Å². The topological polar surface area (TPSA) is 51.9 Å². The summed E-state index contributed by atoms with van der Waals surface area (Å²) in [5.74, 6) is 0. The molecule has 0 bridgehead atoms.